The lowest BCUT2D eigenvalue weighted by Gasteiger charge is -2.29. The Balaban J connectivity index is 1.47. The van der Waals surface area contributed by atoms with Crippen LogP contribution in [-0.2, 0) is 19.3 Å². The first-order valence-corrected chi connectivity index (χ1v) is 14.2. The van der Waals surface area contributed by atoms with Crippen LogP contribution in [0, 0.1) is 0 Å². The molecule has 38 heavy (non-hydrogen) atoms. The average molecular weight is 542 g/mol. The molecule has 0 spiro atoms. The van der Waals surface area contributed by atoms with Crippen LogP contribution >= 0.6 is 0 Å². The summed E-state index contributed by atoms with van der Waals surface area (Å²) >= 11 is 0. The van der Waals surface area contributed by atoms with Gasteiger partial charge in [-0.05, 0) is 24.3 Å². The van der Waals surface area contributed by atoms with Gasteiger partial charge in [-0.1, -0.05) is 12.1 Å². The van der Waals surface area contributed by atoms with E-state index in [-0.39, 0.29) is 10.8 Å². The molecule has 2 aliphatic rings. The Labute approximate surface area is 221 Å². The first kappa shape index (κ1) is 25.9. The molecule has 1 aromatic heterocycles. The molecule has 2 N–H and O–H groups in total. The number of para-hydroxylation sites is 1. The lowest BCUT2D eigenvalue weighted by molar-refractivity contribution is 0.122. The van der Waals surface area contributed by atoms with Crippen molar-refractivity contribution in [2.75, 3.05) is 86.4 Å². The number of aromatic nitrogens is 3. The Morgan fingerprint density at radius 3 is 2.05 bits per heavy atom. The summed E-state index contributed by atoms with van der Waals surface area (Å²) in [6.45, 7) is 5.38. The van der Waals surface area contributed by atoms with E-state index >= 15 is 0 Å². The van der Waals surface area contributed by atoms with Crippen LogP contribution < -0.4 is 25.2 Å². The molecule has 3 aromatic rings. The molecule has 0 atom stereocenters. The molecule has 2 saturated heterocycles. The highest BCUT2D eigenvalue weighted by molar-refractivity contribution is 7.90. The second-order valence-corrected chi connectivity index (χ2v) is 10.9. The van der Waals surface area contributed by atoms with E-state index in [1.165, 1.54) is 6.26 Å². The van der Waals surface area contributed by atoms with E-state index in [0.29, 0.717) is 68.5 Å². The van der Waals surface area contributed by atoms with Crippen LogP contribution in [0.4, 0.5) is 34.9 Å². The second kappa shape index (κ2) is 11.4. The summed E-state index contributed by atoms with van der Waals surface area (Å²) in [5.41, 5.74) is 2.11. The Bertz CT molecular complexity index is 1380. The molecule has 0 unspecified atom stereocenters. The van der Waals surface area contributed by atoms with Gasteiger partial charge in [0.2, 0.25) is 17.8 Å². The van der Waals surface area contributed by atoms with Crippen LogP contribution in [0.1, 0.15) is 0 Å². The predicted molar refractivity (Wildman–Crippen MR) is 145 cm³/mol. The molecule has 0 bridgehead atoms. The highest BCUT2D eigenvalue weighted by Crippen LogP contribution is 2.32. The van der Waals surface area contributed by atoms with Crippen molar-refractivity contribution in [3.05, 3.63) is 42.5 Å². The lowest BCUT2D eigenvalue weighted by atomic mass is 10.2. The number of rotatable bonds is 8. The van der Waals surface area contributed by atoms with Crippen LogP contribution in [0.25, 0.3) is 0 Å². The molecule has 2 fully saturated rings. The maximum absolute atomic E-state index is 12.3. The van der Waals surface area contributed by atoms with Crippen LogP contribution in [0.2, 0.25) is 0 Å². The maximum atomic E-state index is 12.3. The van der Waals surface area contributed by atoms with Crippen LogP contribution in [0.15, 0.2) is 47.4 Å². The zero-order valence-corrected chi connectivity index (χ0v) is 22.2. The van der Waals surface area contributed by atoms with Crippen molar-refractivity contribution in [1.82, 2.24) is 15.0 Å². The number of hydrogen-bond donors (Lipinski definition) is 2. The van der Waals surface area contributed by atoms with Gasteiger partial charge in [0.15, 0.2) is 9.84 Å². The van der Waals surface area contributed by atoms with Gasteiger partial charge in [-0.15, -0.1) is 0 Å². The van der Waals surface area contributed by atoms with E-state index in [4.69, 9.17) is 14.2 Å². The van der Waals surface area contributed by atoms with Crippen LogP contribution in [-0.4, -0.2) is 89.3 Å². The minimum absolute atomic E-state index is 0.156. The highest BCUT2D eigenvalue weighted by atomic mass is 32.2. The number of hydrogen-bond acceptors (Lipinski definition) is 12. The average Bonchev–Trinajstić information content (AvgIpc) is 2.94. The van der Waals surface area contributed by atoms with Crippen LogP contribution in [0.5, 0.6) is 5.75 Å². The number of morpholine rings is 2. The summed E-state index contributed by atoms with van der Waals surface area (Å²) in [5, 5.41) is 6.33. The molecule has 0 radical (unpaired) electrons. The summed E-state index contributed by atoms with van der Waals surface area (Å²) in [6, 6.07) is 12.6. The minimum Gasteiger partial charge on any atom is -0.494 e. The number of nitrogens with zero attached hydrogens (tertiary/aromatic N) is 5. The summed E-state index contributed by atoms with van der Waals surface area (Å²) in [6.07, 6.45) is 1.17. The number of sulfone groups is 1. The molecular formula is C25H31N7O5S. The monoisotopic (exact) mass is 541 g/mol. The fourth-order valence-corrected chi connectivity index (χ4v) is 5.16. The zero-order chi connectivity index (χ0) is 26.5. The van der Waals surface area contributed by atoms with Gasteiger partial charge in [0.25, 0.3) is 0 Å². The third-order valence-corrected chi connectivity index (χ3v) is 7.41. The van der Waals surface area contributed by atoms with Crippen molar-refractivity contribution < 1.29 is 22.6 Å². The Hall–Kier alpha value is -3.68. The second-order valence-electron chi connectivity index (χ2n) is 8.88. The lowest BCUT2D eigenvalue weighted by Crippen LogP contribution is -2.37. The topological polar surface area (TPSA) is 131 Å². The first-order valence-electron chi connectivity index (χ1n) is 12.3. The minimum atomic E-state index is -3.47. The molecule has 0 aliphatic carbocycles. The molecule has 0 saturated carbocycles. The Morgan fingerprint density at radius 2 is 1.42 bits per heavy atom. The van der Waals surface area contributed by atoms with Crippen molar-refractivity contribution in [2.24, 2.45) is 0 Å². The summed E-state index contributed by atoms with van der Waals surface area (Å²) in [4.78, 5) is 18.2. The van der Waals surface area contributed by atoms with Crippen molar-refractivity contribution in [1.29, 1.82) is 0 Å². The summed E-state index contributed by atoms with van der Waals surface area (Å²) in [7, 11) is -1.85. The van der Waals surface area contributed by atoms with E-state index in [2.05, 4.69) is 30.5 Å². The predicted octanol–water partition coefficient (Wildman–Crippen LogP) is 2.44. The molecule has 202 valence electrons. The number of ether oxygens (including phenoxy) is 3. The highest BCUT2D eigenvalue weighted by Gasteiger charge is 2.20. The van der Waals surface area contributed by atoms with Gasteiger partial charge >= 0.3 is 0 Å². The third-order valence-electron chi connectivity index (χ3n) is 6.26. The number of methoxy groups -OCH3 is 1. The number of nitrogens with one attached hydrogen (secondary N) is 2. The first-order chi connectivity index (χ1) is 18.4. The van der Waals surface area contributed by atoms with Gasteiger partial charge in [0.1, 0.15) is 5.75 Å². The van der Waals surface area contributed by atoms with Crippen molar-refractivity contribution in [2.45, 2.75) is 4.90 Å². The largest absolute Gasteiger partial charge is 0.494 e. The van der Waals surface area contributed by atoms with Gasteiger partial charge in [0, 0.05) is 44.2 Å². The van der Waals surface area contributed by atoms with Gasteiger partial charge in [-0.2, -0.15) is 15.0 Å². The summed E-state index contributed by atoms with van der Waals surface area (Å²) in [5.74, 6) is 1.59. The van der Waals surface area contributed by atoms with Gasteiger partial charge in [0.05, 0.1) is 49.8 Å². The van der Waals surface area contributed by atoms with E-state index in [9.17, 15) is 8.42 Å². The van der Waals surface area contributed by atoms with Gasteiger partial charge < -0.3 is 34.6 Å². The zero-order valence-electron chi connectivity index (χ0n) is 21.4. The molecule has 3 heterocycles. The standard InChI is InChI=1S/C25H31N7O5S/c1-35-21-17-18(31-9-13-36-14-10-31)7-8-19(21)26-23-28-24(30-25(29-23)32-11-15-37-16-12-32)27-20-5-3-4-6-22(20)38(2,33)34/h3-8,17H,9-16H2,1-2H3,(H2,26,27,28,29,30). The molecule has 5 rings (SSSR count). The van der Waals surface area contributed by atoms with Gasteiger partial charge in [-0.25, -0.2) is 8.42 Å². The van der Waals surface area contributed by atoms with E-state index in [1.807, 2.05) is 23.1 Å². The van der Waals surface area contributed by atoms with Crippen molar-refractivity contribution in [3.8, 4) is 5.75 Å². The van der Waals surface area contributed by atoms with E-state index < -0.39 is 9.84 Å². The molecule has 0 amide bonds. The normalized spacial score (nSPS) is 16.3. The molecule has 2 aromatic carbocycles. The fourth-order valence-electron chi connectivity index (χ4n) is 4.32. The fraction of sp³-hybridized carbons (Fsp3) is 0.400. The quantitative estimate of drug-likeness (QED) is 0.434. The van der Waals surface area contributed by atoms with Gasteiger partial charge in [-0.3, -0.25) is 0 Å². The smallest absolute Gasteiger partial charge is 0.233 e. The maximum Gasteiger partial charge on any atom is 0.233 e. The number of benzene rings is 2. The Morgan fingerprint density at radius 1 is 0.816 bits per heavy atom. The van der Waals surface area contributed by atoms with Crippen LogP contribution in [0.3, 0.4) is 0 Å². The number of anilines is 6. The Kier molecular flexibility index (Phi) is 7.77. The molecular weight excluding hydrogens is 510 g/mol. The third kappa shape index (κ3) is 6.06. The van der Waals surface area contributed by atoms with E-state index in [1.54, 1.807) is 31.4 Å². The summed E-state index contributed by atoms with van der Waals surface area (Å²) < 4.78 is 41.3. The SMILES string of the molecule is COc1cc(N2CCOCC2)ccc1Nc1nc(Nc2ccccc2S(C)(=O)=O)nc(N2CCOCC2)n1. The molecule has 13 heteroatoms. The van der Waals surface area contributed by atoms with E-state index in [0.717, 1.165) is 18.8 Å². The molecule has 12 nitrogen and oxygen atoms in total. The van der Waals surface area contributed by atoms with Crippen molar-refractivity contribution >= 4 is 44.7 Å². The van der Waals surface area contributed by atoms with Crippen molar-refractivity contribution in [3.63, 3.8) is 0 Å². The molecule has 2 aliphatic heterocycles.